The molecule has 0 unspecified atom stereocenters. The van der Waals surface area contributed by atoms with Gasteiger partial charge >= 0.3 is 6.03 Å². The lowest BCUT2D eigenvalue weighted by Gasteiger charge is -2.44. The number of rotatable bonds is 6. The van der Waals surface area contributed by atoms with Gasteiger partial charge < -0.3 is 9.64 Å². The molecule has 3 amide bonds. The number of carbonyl (C=O) groups excluding carboxylic acids is 2. The summed E-state index contributed by atoms with van der Waals surface area (Å²) in [4.78, 5) is 29.6. The predicted octanol–water partition coefficient (Wildman–Crippen LogP) is 5.81. The van der Waals surface area contributed by atoms with Gasteiger partial charge in [0.2, 0.25) is 5.91 Å². The second kappa shape index (κ2) is 9.84. The Balaban J connectivity index is 1.57. The summed E-state index contributed by atoms with van der Waals surface area (Å²) in [6.07, 6.45) is 1.58. The first-order valence-electron chi connectivity index (χ1n) is 11.5. The van der Waals surface area contributed by atoms with Crippen molar-refractivity contribution in [1.29, 1.82) is 0 Å². The van der Waals surface area contributed by atoms with Gasteiger partial charge in [-0.3, -0.25) is 9.69 Å². The van der Waals surface area contributed by atoms with Crippen LogP contribution >= 0.6 is 23.2 Å². The molecule has 0 spiro atoms. The number of hydrogen-bond acceptors (Lipinski definition) is 3. The van der Waals surface area contributed by atoms with Gasteiger partial charge in [-0.2, -0.15) is 0 Å². The topological polar surface area (TPSA) is 49.9 Å². The van der Waals surface area contributed by atoms with Crippen molar-refractivity contribution in [2.45, 2.75) is 43.9 Å². The van der Waals surface area contributed by atoms with Crippen LogP contribution in [-0.2, 0) is 20.4 Å². The summed E-state index contributed by atoms with van der Waals surface area (Å²) in [7, 11) is 0. The van der Waals surface area contributed by atoms with Crippen molar-refractivity contribution in [1.82, 2.24) is 9.80 Å². The van der Waals surface area contributed by atoms with Gasteiger partial charge in [-0.25, -0.2) is 9.18 Å². The lowest BCUT2D eigenvalue weighted by Crippen LogP contribution is -2.58. The highest BCUT2D eigenvalue weighted by Gasteiger charge is 2.43. The molecule has 0 radical (unpaired) electrons. The number of nitrogens with zero attached hydrogens (tertiary/aromatic N) is 2. The van der Waals surface area contributed by atoms with Gasteiger partial charge in [-0.05, 0) is 48.2 Å². The van der Waals surface area contributed by atoms with Crippen molar-refractivity contribution < 1.29 is 18.7 Å². The molecule has 0 aliphatic carbocycles. The first-order valence-corrected chi connectivity index (χ1v) is 12.3. The second-order valence-electron chi connectivity index (χ2n) is 9.85. The maximum atomic E-state index is 13.6. The molecule has 8 heteroatoms. The molecule has 4 rings (SSSR count). The Labute approximate surface area is 209 Å². The lowest BCUT2D eigenvalue weighted by atomic mass is 9.73. The van der Waals surface area contributed by atoms with E-state index in [1.807, 2.05) is 26.0 Å². The highest BCUT2D eigenvalue weighted by Crippen LogP contribution is 2.37. The zero-order valence-electron chi connectivity index (χ0n) is 19.5. The molecule has 182 valence electrons. The van der Waals surface area contributed by atoms with Crippen LogP contribution in [0, 0.1) is 5.82 Å². The molecule has 0 aromatic heterocycles. The number of urea groups is 1. The zero-order valence-corrected chi connectivity index (χ0v) is 21.0. The van der Waals surface area contributed by atoms with Crippen LogP contribution in [0.4, 0.5) is 9.18 Å². The van der Waals surface area contributed by atoms with Crippen molar-refractivity contribution in [3.63, 3.8) is 0 Å². The van der Waals surface area contributed by atoms with Gasteiger partial charge in [0, 0.05) is 50.1 Å². The molecule has 2 heterocycles. The molecule has 34 heavy (non-hydrogen) atoms. The van der Waals surface area contributed by atoms with E-state index in [2.05, 4.69) is 0 Å². The maximum Gasteiger partial charge on any atom is 0.326 e. The first-order chi connectivity index (χ1) is 16.1. The Bertz CT molecular complexity index is 1070. The van der Waals surface area contributed by atoms with Crippen molar-refractivity contribution >= 4 is 35.1 Å². The fourth-order valence-electron chi connectivity index (χ4n) is 4.93. The Morgan fingerprint density at radius 3 is 2.35 bits per heavy atom. The van der Waals surface area contributed by atoms with Gasteiger partial charge in [0.1, 0.15) is 5.82 Å². The minimum absolute atomic E-state index is 0.179. The van der Waals surface area contributed by atoms with Crippen LogP contribution in [0.5, 0.6) is 0 Å². The third-order valence-corrected chi connectivity index (χ3v) is 7.79. The fraction of sp³-hybridized carbons (Fsp3) is 0.462. The molecular formula is C26H29Cl2FN2O3. The molecule has 0 bridgehead atoms. The fourth-order valence-corrected chi connectivity index (χ4v) is 5.23. The van der Waals surface area contributed by atoms with Gasteiger partial charge in [0.05, 0.1) is 10.0 Å². The standard InChI is InChI=1S/C26H29Cl2FN2O3/c1-25(2,19-5-8-21(27)22(28)15-19)16-30-12-9-23(32)31(24(30)33)17-26(10-13-34-14-11-26)18-3-6-20(29)7-4-18/h3-8,15H,9-14,16-17H2,1-2H3. The molecule has 0 N–H and O–H groups in total. The summed E-state index contributed by atoms with van der Waals surface area (Å²) in [5.41, 5.74) is 1.03. The van der Waals surface area contributed by atoms with E-state index in [0.717, 1.165) is 11.1 Å². The molecule has 0 atom stereocenters. The number of imide groups is 1. The molecule has 0 saturated carbocycles. The number of halogens is 3. The van der Waals surface area contributed by atoms with Gasteiger partial charge in [0.15, 0.2) is 0 Å². The average Bonchev–Trinajstić information content (AvgIpc) is 2.81. The second-order valence-corrected chi connectivity index (χ2v) is 10.7. The maximum absolute atomic E-state index is 13.6. The van der Waals surface area contributed by atoms with E-state index in [9.17, 15) is 14.0 Å². The number of amides is 3. The Hall–Kier alpha value is -2.15. The monoisotopic (exact) mass is 506 g/mol. The van der Waals surface area contributed by atoms with Gasteiger partial charge in [-0.15, -0.1) is 0 Å². The van der Waals surface area contributed by atoms with E-state index >= 15 is 0 Å². The highest BCUT2D eigenvalue weighted by atomic mass is 35.5. The minimum Gasteiger partial charge on any atom is -0.381 e. The Morgan fingerprint density at radius 1 is 1.03 bits per heavy atom. The minimum atomic E-state index is -0.459. The van der Waals surface area contributed by atoms with E-state index in [-0.39, 0.29) is 30.7 Å². The van der Waals surface area contributed by atoms with E-state index in [4.69, 9.17) is 27.9 Å². The van der Waals surface area contributed by atoms with Crippen molar-refractivity contribution in [2.75, 3.05) is 32.8 Å². The number of benzene rings is 2. The van der Waals surface area contributed by atoms with Crippen LogP contribution < -0.4 is 0 Å². The van der Waals surface area contributed by atoms with E-state index in [1.165, 1.54) is 17.0 Å². The van der Waals surface area contributed by atoms with Crippen molar-refractivity contribution in [2.24, 2.45) is 0 Å². The SMILES string of the molecule is CC(C)(CN1CCC(=O)N(CC2(c3ccc(F)cc3)CCOCC2)C1=O)c1ccc(Cl)c(Cl)c1. The summed E-state index contributed by atoms with van der Waals surface area (Å²) >= 11 is 12.3. The normalized spacial score (nSPS) is 19.0. The highest BCUT2D eigenvalue weighted by molar-refractivity contribution is 6.42. The molecule has 2 aliphatic rings. The summed E-state index contributed by atoms with van der Waals surface area (Å²) < 4.78 is 19.2. The average molecular weight is 507 g/mol. The Morgan fingerprint density at radius 2 is 1.71 bits per heavy atom. The molecule has 5 nitrogen and oxygen atoms in total. The summed E-state index contributed by atoms with van der Waals surface area (Å²) in [6.45, 7) is 6.19. The van der Waals surface area contributed by atoms with Crippen LogP contribution in [0.15, 0.2) is 42.5 Å². The number of hydrogen-bond donors (Lipinski definition) is 0. The smallest absolute Gasteiger partial charge is 0.326 e. The molecule has 2 saturated heterocycles. The van der Waals surface area contributed by atoms with Gasteiger partial charge in [-0.1, -0.05) is 55.2 Å². The van der Waals surface area contributed by atoms with E-state index in [0.29, 0.717) is 49.2 Å². The van der Waals surface area contributed by atoms with Crippen LogP contribution in [0.25, 0.3) is 0 Å². The van der Waals surface area contributed by atoms with Crippen LogP contribution in [-0.4, -0.2) is 54.6 Å². The molecule has 2 fully saturated rings. The van der Waals surface area contributed by atoms with E-state index < -0.39 is 10.8 Å². The first kappa shape index (κ1) is 25.0. The lowest BCUT2D eigenvalue weighted by molar-refractivity contribution is -0.132. The van der Waals surface area contributed by atoms with Crippen LogP contribution in [0.3, 0.4) is 0 Å². The largest absolute Gasteiger partial charge is 0.381 e. The molecule has 2 aromatic carbocycles. The van der Waals surface area contributed by atoms with Gasteiger partial charge in [0.25, 0.3) is 0 Å². The summed E-state index contributed by atoms with van der Waals surface area (Å²) in [5.74, 6) is -0.492. The molecule has 2 aromatic rings. The Kier molecular flexibility index (Phi) is 7.22. The molecule has 2 aliphatic heterocycles. The quantitative estimate of drug-likeness (QED) is 0.496. The number of carbonyl (C=O) groups is 2. The van der Waals surface area contributed by atoms with Crippen molar-refractivity contribution in [3.05, 3.63) is 69.5 Å². The van der Waals surface area contributed by atoms with Crippen LogP contribution in [0.1, 0.15) is 44.2 Å². The summed E-state index contributed by atoms with van der Waals surface area (Å²) in [5, 5.41) is 0.948. The number of ether oxygens (including phenoxy) is 1. The van der Waals surface area contributed by atoms with Crippen LogP contribution in [0.2, 0.25) is 10.0 Å². The van der Waals surface area contributed by atoms with E-state index in [1.54, 1.807) is 23.1 Å². The summed E-state index contributed by atoms with van der Waals surface area (Å²) in [6, 6.07) is 11.6. The third-order valence-electron chi connectivity index (χ3n) is 7.05. The predicted molar refractivity (Wildman–Crippen MR) is 131 cm³/mol. The third kappa shape index (κ3) is 5.09. The molecular weight excluding hydrogens is 478 g/mol. The van der Waals surface area contributed by atoms with Crippen molar-refractivity contribution in [3.8, 4) is 0 Å². The zero-order chi connectivity index (χ0) is 24.5.